The van der Waals surface area contributed by atoms with Crippen molar-refractivity contribution in [2.24, 2.45) is 0 Å². The summed E-state index contributed by atoms with van der Waals surface area (Å²) in [4.78, 5) is 32.0. The summed E-state index contributed by atoms with van der Waals surface area (Å²) in [5.74, 6) is 0.977. The molecule has 0 amide bonds. The first-order valence-corrected chi connectivity index (χ1v) is 15.1. The van der Waals surface area contributed by atoms with Crippen LogP contribution in [0.4, 0.5) is 43.4 Å². The Balaban J connectivity index is 0.000000192. The molecule has 272 valence electrons. The Bertz CT molecular complexity index is 1870. The normalized spacial score (nSPS) is 12.0. The first-order valence-electron chi connectivity index (χ1n) is 15.1. The van der Waals surface area contributed by atoms with Gasteiger partial charge in [0.2, 0.25) is 11.8 Å². The number of pyridine rings is 2. The number of aromatic nitrogens is 6. The van der Waals surface area contributed by atoms with Gasteiger partial charge in [0.05, 0.1) is 0 Å². The summed E-state index contributed by atoms with van der Waals surface area (Å²) < 4.78 is 24.4. The molecule has 4 aromatic heterocycles. The van der Waals surface area contributed by atoms with Crippen LogP contribution in [0.15, 0.2) is 97.6 Å². The van der Waals surface area contributed by atoms with Gasteiger partial charge in [-0.3, -0.25) is 0 Å². The summed E-state index contributed by atoms with van der Waals surface area (Å²) in [5, 5.41) is 17.2. The van der Waals surface area contributed by atoms with Crippen molar-refractivity contribution in [2.75, 3.05) is 33.7 Å². The number of nitrogens with zero attached hydrogens (tertiary/aromatic N) is 10. The molecule has 6 aromatic rings. The molecule has 0 unspecified atom stereocenters. The Morgan fingerprint density at radius 3 is 1.23 bits per heavy atom. The average Bonchev–Trinajstić information content (AvgIpc) is 3.66. The molecule has 2 aliphatic rings. The van der Waals surface area contributed by atoms with Gasteiger partial charge in [0, 0.05) is 36.2 Å². The third-order valence-corrected chi connectivity index (χ3v) is 6.86. The van der Waals surface area contributed by atoms with E-state index in [9.17, 15) is 8.78 Å². The fourth-order valence-electron chi connectivity index (χ4n) is 4.52. The molecule has 16 heteroatoms. The summed E-state index contributed by atoms with van der Waals surface area (Å²) in [7, 11) is 3.91. The van der Waals surface area contributed by atoms with Crippen LogP contribution in [-0.4, -0.2) is 54.2 Å². The molecule has 0 fully saturated rings. The number of fused-ring (bicyclic) bond motifs is 2. The molecule has 0 saturated carbocycles. The zero-order chi connectivity index (χ0) is 35.6. The average molecular weight is 1060 g/mol. The van der Waals surface area contributed by atoms with Gasteiger partial charge in [0.1, 0.15) is 23.3 Å². The molecule has 0 saturated heterocycles. The third-order valence-electron chi connectivity index (χ3n) is 6.86. The maximum Gasteiger partial charge on any atom is 2.00 e. The number of hydrogen-bond donors (Lipinski definition) is 2. The van der Waals surface area contributed by atoms with Crippen LogP contribution >= 0.6 is 0 Å². The van der Waals surface area contributed by atoms with Gasteiger partial charge in [0.15, 0.2) is 11.6 Å². The van der Waals surface area contributed by atoms with E-state index in [-0.39, 0.29) is 42.1 Å². The van der Waals surface area contributed by atoms with E-state index in [1.54, 1.807) is 38.6 Å². The molecule has 2 N–H and O–H groups in total. The van der Waals surface area contributed by atoms with Crippen molar-refractivity contribution in [2.45, 2.75) is 13.8 Å². The van der Waals surface area contributed by atoms with E-state index in [1.807, 2.05) is 95.6 Å². The fourth-order valence-corrected chi connectivity index (χ4v) is 4.52. The van der Waals surface area contributed by atoms with Gasteiger partial charge in [-0.2, -0.15) is 60.7 Å². The summed E-state index contributed by atoms with van der Waals surface area (Å²) in [5.41, 5.74) is 3.14. The molecule has 52 heavy (non-hydrogen) atoms. The number of benzene rings is 2. The molecule has 0 aliphatic carbocycles. The largest absolute Gasteiger partial charge is 2.00 e. The van der Waals surface area contributed by atoms with E-state index < -0.39 is 23.4 Å². The first kappa shape index (κ1) is 41.4. The fraction of sp³-hybridized carbons (Fsp3) is 0.111. The van der Waals surface area contributed by atoms with E-state index in [4.69, 9.17) is 10.2 Å². The number of aromatic hydroxyl groups is 2. The molecule has 0 spiro atoms. The Kier molecular flexibility index (Phi) is 15.5. The summed E-state index contributed by atoms with van der Waals surface area (Å²) in [6, 6.07) is 27.3. The van der Waals surface area contributed by atoms with Gasteiger partial charge in [-0.15, -0.1) is 24.7 Å². The van der Waals surface area contributed by atoms with Crippen LogP contribution in [0.5, 0.6) is 11.8 Å². The molecule has 12 nitrogen and oxygen atoms in total. The van der Waals surface area contributed by atoms with E-state index in [2.05, 4.69) is 42.0 Å². The van der Waals surface area contributed by atoms with Crippen molar-refractivity contribution in [3.8, 4) is 11.8 Å². The topological polar surface area (TPSA) is 131 Å². The van der Waals surface area contributed by atoms with Crippen LogP contribution in [-0.2, 0) is 42.1 Å². The van der Waals surface area contributed by atoms with Gasteiger partial charge in [-0.05, 0) is 52.2 Å². The van der Waals surface area contributed by atoms with Gasteiger partial charge in [0.25, 0.3) is 0 Å². The Hall–Kier alpha value is -5.06. The Labute approximate surface area is 329 Å². The second-order valence-corrected chi connectivity index (χ2v) is 10.6. The van der Waals surface area contributed by atoms with Crippen molar-refractivity contribution >= 4 is 34.6 Å². The Morgan fingerprint density at radius 1 is 0.558 bits per heavy atom. The van der Waals surface area contributed by atoms with Crippen molar-refractivity contribution in [1.29, 1.82) is 0 Å². The number of aryl methyl sites for hydroxylation is 2. The van der Waals surface area contributed by atoms with E-state index >= 15 is 0 Å². The van der Waals surface area contributed by atoms with Crippen LogP contribution in [0.3, 0.4) is 0 Å². The van der Waals surface area contributed by atoms with Gasteiger partial charge >= 0.3 is 42.1 Å². The van der Waals surface area contributed by atoms with Crippen molar-refractivity contribution in [1.82, 2.24) is 29.9 Å². The summed E-state index contributed by atoms with van der Waals surface area (Å²) in [6.45, 7) is 7.27. The van der Waals surface area contributed by atoms with Crippen LogP contribution < -0.4 is 19.6 Å². The summed E-state index contributed by atoms with van der Waals surface area (Å²) in [6.07, 6.45) is 6.78. The molecule has 0 bridgehead atoms. The Morgan fingerprint density at radius 2 is 0.923 bits per heavy atom. The zero-order valence-electron chi connectivity index (χ0n) is 28.1. The van der Waals surface area contributed by atoms with Crippen molar-refractivity contribution < 1.29 is 61.1 Å². The van der Waals surface area contributed by atoms with Crippen LogP contribution in [0.1, 0.15) is 11.4 Å². The second kappa shape index (κ2) is 19.5. The zero-order valence-corrected chi connectivity index (χ0v) is 32.7. The standard InChI is InChI=1S/2C12H10N4.2C6H6FNO.2Pt/c2*1-15-9-16(10-5-3-2-4-6-10)12-11(15)13-7-8-14-12;2*1-4-2-3-5(7)6(9)8-4;;/h2*2-5,7-9H,1H3;2*2-3H,1H3,(H,8,9);;/q2*-2;;;2*+2. The van der Waals surface area contributed by atoms with Gasteiger partial charge in [-0.1, -0.05) is 0 Å². The van der Waals surface area contributed by atoms with Gasteiger partial charge in [-0.25, -0.2) is 38.7 Å². The van der Waals surface area contributed by atoms with Crippen LogP contribution in [0.25, 0.3) is 0 Å². The van der Waals surface area contributed by atoms with Crippen molar-refractivity contribution in [3.63, 3.8) is 0 Å². The quantitative estimate of drug-likeness (QED) is 0.186. The molecule has 0 radical (unpaired) electrons. The molecule has 0 atom stereocenters. The SMILES string of the molecule is CN1[CH-]N(c2[c-]cccc2)c2nccnc21.CN1[CH-]N(c2[c-]cccc2)c2nccnc21.Cc1ccc(F)c(O)n1.Cc1ccc(F)c(O)n1.[Pt+2].[Pt+2]. The van der Waals surface area contributed by atoms with E-state index in [0.717, 1.165) is 34.6 Å². The van der Waals surface area contributed by atoms with Crippen molar-refractivity contribution in [3.05, 3.63) is 146 Å². The monoisotopic (exact) mass is 1060 g/mol. The number of para-hydroxylation sites is 2. The minimum atomic E-state index is -0.680. The minimum absolute atomic E-state index is 0. The molecule has 2 aliphatic heterocycles. The number of halogens is 2. The third kappa shape index (κ3) is 10.5. The number of rotatable bonds is 2. The predicted octanol–water partition coefficient (Wildman–Crippen LogP) is 6.43. The molecule has 2 aromatic carbocycles. The minimum Gasteiger partial charge on any atom is -0.491 e. The maximum atomic E-state index is 12.2. The van der Waals surface area contributed by atoms with E-state index in [0.29, 0.717) is 11.4 Å². The molecule has 8 rings (SSSR count). The maximum absolute atomic E-state index is 12.2. The van der Waals surface area contributed by atoms with Crippen LogP contribution in [0.2, 0.25) is 0 Å². The second-order valence-electron chi connectivity index (χ2n) is 10.6. The smallest absolute Gasteiger partial charge is 0.491 e. The van der Waals surface area contributed by atoms with Gasteiger partial charge < -0.3 is 29.8 Å². The number of hydrogen-bond acceptors (Lipinski definition) is 12. The molecular weight excluding hydrogens is 1030 g/mol. The predicted molar refractivity (Wildman–Crippen MR) is 185 cm³/mol. The summed E-state index contributed by atoms with van der Waals surface area (Å²) >= 11 is 0. The molecule has 6 heterocycles. The van der Waals surface area contributed by atoms with E-state index in [1.165, 1.54) is 24.3 Å². The molecular formula is C36H32F2N10O2Pt2. The first-order chi connectivity index (χ1) is 24.1. The van der Waals surface area contributed by atoms with Crippen LogP contribution in [0, 0.1) is 51.0 Å². The number of anilines is 6.